The van der Waals surface area contributed by atoms with Crippen LogP contribution in [0.3, 0.4) is 0 Å². The van der Waals surface area contributed by atoms with Crippen molar-refractivity contribution >= 4 is 11.7 Å². The molecule has 0 saturated heterocycles. The lowest BCUT2D eigenvalue weighted by Crippen LogP contribution is -2.26. The number of hydrogen-bond donors (Lipinski definition) is 1. The molecule has 4 heteroatoms. The molecule has 13 heavy (non-hydrogen) atoms. The Labute approximate surface area is 75.7 Å². The molecule has 0 aromatic carbocycles. The minimum absolute atomic E-state index is 0.0710. The molecule has 1 N–H and O–H groups in total. The van der Waals surface area contributed by atoms with Crippen LogP contribution in [0.5, 0.6) is 0 Å². The summed E-state index contributed by atoms with van der Waals surface area (Å²) < 4.78 is 0. The predicted molar refractivity (Wildman–Crippen MR) is 48.5 cm³/mol. The molecule has 1 aliphatic heterocycles. The monoisotopic (exact) mass is 175 g/mol. The second kappa shape index (κ2) is 2.97. The Bertz CT molecular complexity index is 384. The third kappa shape index (κ3) is 1.56. The first-order valence-electron chi connectivity index (χ1n) is 4.04. The molecule has 4 nitrogen and oxygen atoms in total. The molecule has 0 saturated carbocycles. The van der Waals surface area contributed by atoms with Gasteiger partial charge in [-0.25, -0.2) is 4.98 Å². The van der Waals surface area contributed by atoms with E-state index in [1.165, 1.54) is 0 Å². The topological polar surface area (TPSA) is 54.4 Å². The first kappa shape index (κ1) is 7.91. The van der Waals surface area contributed by atoms with Gasteiger partial charge in [-0.05, 0) is 19.1 Å². The number of amides is 1. The largest absolute Gasteiger partial charge is 0.308 e. The third-order valence-corrected chi connectivity index (χ3v) is 1.77. The highest BCUT2D eigenvalue weighted by molar-refractivity contribution is 6.11. The number of amidine groups is 1. The van der Waals surface area contributed by atoms with Crippen molar-refractivity contribution in [2.24, 2.45) is 4.99 Å². The van der Waals surface area contributed by atoms with Gasteiger partial charge in [0.15, 0.2) is 5.84 Å². The van der Waals surface area contributed by atoms with Gasteiger partial charge in [0.2, 0.25) is 5.91 Å². The van der Waals surface area contributed by atoms with E-state index in [2.05, 4.69) is 15.3 Å². The average molecular weight is 175 g/mol. The molecule has 66 valence electrons. The molecule has 0 unspecified atom stereocenters. The fourth-order valence-corrected chi connectivity index (χ4v) is 1.18. The summed E-state index contributed by atoms with van der Waals surface area (Å²) in [5.74, 6) is 0.506. The Morgan fingerprint density at radius 2 is 2.31 bits per heavy atom. The fraction of sp³-hybridized carbons (Fsp3) is 0.222. The summed E-state index contributed by atoms with van der Waals surface area (Å²) in [6.07, 6.45) is 0. The minimum atomic E-state index is -0.0710. The first-order valence-corrected chi connectivity index (χ1v) is 4.04. The van der Waals surface area contributed by atoms with Crippen molar-refractivity contribution in [1.82, 2.24) is 10.3 Å². The van der Waals surface area contributed by atoms with Crippen LogP contribution in [0.1, 0.15) is 11.4 Å². The highest BCUT2D eigenvalue weighted by Crippen LogP contribution is 2.01. The van der Waals surface area contributed by atoms with E-state index in [0.29, 0.717) is 5.84 Å². The molecule has 2 heterocycles. The van der Waals surface area contributed by atoms with E-state index in [1.54, 1.807) is 0 Å². The maximum absolute atomic E-state index is 10.9. The van der Waals surface area contributed by atoms with Crippen LogP contribution in [-0.2, 0) is 4.79 Å². The molecular formula is C9H9N3O. The van der Waals surface area contributed by atoms with Gasteiger partial charge < -0.3 is 5.32 Å². The molecule has 0 atom stereocenters. The number of aliphatic imine (C=N–C) groups is 1. The summed E-state index contributed by atoms with van der Waals surface area (Å²) in [5, 5.41) is 2.65. The van der Waals surface area contributed by atoms with Gasteiger partial charge in [0.1, 0.15) is 12.2 Å². The van der Waals surface area contributed by atoms with Crippen LogP contribution in [0.2, 0.25) is 0 Å². The number of aromatic nitrogens is 1. The van der Waals surface area contributed by atoms with Crippen LogP contribution in [0.25, 0.3) is 0 Å². The molecule has 0 radical (unpaired) electrons. The van der Waals surface area contributed by atoms with E-state index in [0.717, 1.165) is 11.4 Å². The smallest absolute Gasteiger partial charge is 0.247 e. The van der Waals surface area contributed by atoms with E-state index in [4.69, 9.17) is 0 Å². The van der Waals surface area contributed by atoms with Crippen molar-refractivity contribution in [2.45, 2.75) is 6.92 Å². The molecule has 1 aromatic heterocycles. The second-order valence-electron chi connectivity index (χ2n) is 2.88. The minimum Gasteiger partial charge on any atom is -0.308 e. The van der Waals surface area contributed by atoms with Gasteiger partial charge in [0.05, 0.1) is 0 Å². The van der Waals surface area contributed by atoms with Crippen molar-refractivity contribution in [3.8, 4) is 0 Å². The number of carbonyl (C=O) groups excluding carboxylic acids is 1. The van der Waals surface area contributed by atoms with Crippen LogP contribution in [0, 0.1) is 6.92 Å². The summed E-state index contributed by atoms with van der Waals surface area (Å²) >= 11 is 0. The number of carbonyl (C=O) groups is 1. The van der Waals surface area contributed by atoms with Crippen LogP contribution in [0.4, 0.5) is 0 Å². The molecule has 1 aromatic rings. The molecule has 2 rings (SSSR count). The highest BCUT2D eigenvalue weighted by Gasteiger charge is 2.15. The summed E-state index contributed by atoms with van der Waals surface area (Å²) in [7, 11) is 0. The van der Waals surface area contributed by atoms with E-state index >= 15 is 0 Å². The number of nitrogens with one attached hydrogen (secondary N) is 1. The van der Waals surface area contributed by atoms with E-state index < -0.39 is 0 Å². The maximum atomic E-state index is 10.9. The quantitative estimate of drug-likeness (QED) is 0.666. The third-order valence-electron chi connectivity index (χ3n) is 1.77. The lowest BCUT2D eigenvalue weighted by atomic mass is 10.3. The Morgan fingerprint density at radius 3 is 2.92 bits per heavy atom. The van der Waals surface area contributed by atoms with Crippen molar-refractivity contribution in [3.63, 3.8) is 0 Å². The van der Waals surface area contributed by atoms with Crippen molar-refractivity contribution in [2.75, 3.05) is 6.54 Å². The highest BCUT2D eigenvalue weighted by atomic mass is 16.2. The maximum Gasteiger partial charge on any atom is 0.247 e. The van der Waals surface area contributed by atoms with Gasteiger partial charge in [-0.3, -0.25) is 9.79 Å². The lowest BCUT2D eigenvalue weighted by molar-refractivity contribution is -0.117. The summed E-state index contributed by atoms with van der Waals surface area (Å²) in [6.45, 7) is 2.12. The van der Waals surface area contributed by atoms with Gasteiger partial charge >= 0.3 is 0 Å². The summed E-state index contributed by atoms with van der Waals surface area (Å²) in [6, 6.07) is 5.63. The average Bonchev–Trinajstić information content (AvgIpc) is 2.52. The van der Waals surface area contributed by atoms with Crippen LogP contribution < -0.4 is 5.32 Å². The van der Waals surface area contributed by atoms with Crippen LogP contribution in [0.15, 0.2) is 23.2 Å². The number of aryl methyl sites for hydroxylation is 1. The molecule has 1 aliphatic rings. The Morgan fingerprint density at radius 1 is 1.46 bits per heavy atom. The van der Waals surface area contributed by atoms with Crippen LogP contribution >= 0.6 is 0 Å². The summed E-state index contributed by atoms with van der Waals surface area (Å²) in [5.41, 5.74) is 1.65. The van der Waals surface area contributed by atoms with Crippen molar-refractivity contribution < 1.29 is 4.79 Å². The van der Waals surface area contributed by atoms with Crippen LogP contribution in [-0.4, -0.2) is 23.3 Å². The van der Waals surface area contributed by atoms with Gasteiger partial charge in [0.25, 0.3) is 0 Å². The number of rotatable bonds is 1. The standard InChI is InChI=1S/C9H9N3O/c1-6-3-2-4-7(11-6)9-10-5-8(13)12-9/h2-4H,5H2,1H3,(H,10,12,13). The van der Waals surface area contributed by atoms with Gasteiger partial charge in [0, 0.05) is 5.69 Å². The molecule has 0 spiro atoms. The first-order chi connectivity index (χ1) is 6.25. The Hall–Kier alpha value is -1.71. The van der Waals surface area contributed by atoms with E-state index in [-0.39, 0.29) is 12.5 Å². The normalized spacial score (nSPS) is 15.5. The molecule has 0 fully saturated rings. The SMILES string of the molecule is Cc1cccc(C2=NCC(=O)N2)n1. The zero-order valence-corrected chi connectivity index (χ0v) is 7.24. The molecule has 0 bridgehead atoms. The van der Waals surface area contributed by atoms with Crippen molar-refractivity contribution in [3.05, 3.63) is 29.6 Å². The zero-order chi connectivity index (χ0) is 9.26. The predicted octanol–water partition coefficient (Wildman–Crippen LogP) is 0.266. The van der Waals surface area contributed by atoms with E-state index in [9.17, 15) is 4.79 Å². The number of pyridine rings is 1. The number of nitrogens with zero attached hydrogens (tertiary/aromatic N) is 2. The van der Waals surface area contributed by atoms with Gasteiger partial charge in [-0.15, -0.1) is 0 Å². The zero-order valence-electron chi connectivity index (χ0n) is 7.24. The Balaban J connectivity index is 2.31. The van der Waals surface area contributed by atoms with Gasteiger partial charge in [-0.1, -0.05) is 6.07 Å². The van der Waals surface area contributed by atoms with E-state index in [1.807, 2.05) is 25.1 Å². The molecular weight excluding hydrogens is 166 g/mol. The molecule has 0 aliphatic carbocycles. The lowest BCUT2D eigenvalue weighted by Gasteiger charge is -2.00. The summed E-state index contributed by atoms with van der Waals surface area (Å²) in [4.78, 5) is 19.1. The molecule has 1 amide bonds. The van der Waals surface area contributed by atoms with Crippen molar-refractivity contribution in [1.29, 1.82) is 0 Å². The second-order valence-corrected chi connectivity index (χ2v) is 2.88. The number of hydrogen-bond acceptors (Lipinski definition) is 3. The van der Waals surface area contributed by atoms with Gasteiger partial charge in [-0.2, -0.15) is 0 Å². The fourth-order valence-electron chi connectivity index (χ4n) is 1.18. The Kier molecular flexibility index (Phi) is 1.81.